The number of aliphatic hydroxyl groups excluding tert-OH is 1. The Morgan fingerprint density at radius 3 is 2.40 bits per heavy atom. The summed E-state index contributed by atoms with van der Waals surface area (Å²) in [7, 11) is 0. The Bertz CT molecular complexity index is 1780. The number of aromatic nitrogens is 2. The van der Waals surface area contributed by atoms with Gasteiger partial charge in [-0.2, -0.15) is 0 Å². The number of nitrogens with one attached hydrogen (secondary N) is 2. The second-order valence-electron chi connectivity index (χ2n) is 17.5. The van der Waals surface area contributed by atoms with E-state index in [0.717, 1.165) is 49.0 Å². The zero-order valence-corrected chi connectivity index (χ0v) is 35.6. The summed E-state index contributed by atoms with van der Waals surface area (Å²) in [6.45, 7) is 11.7. The molecule has 0 saturated heterocycles. The normalized spacial score (nSPS) is 16.6. The number of Topliss-reactive ketones (excluding diaryl/α,β-unsaturated/α-hetero) is 1. The lowest BCUT2D eigenvalue weighted by atomic mass is 9.80. The lowest BCUT2D eigenvalue weighted by Gasteiger charge is -2.38. The first-order valence-electron chi connectivity index (χ1n) is 21.9. The Hall–Kier alpha value is -4.57. The molecule has 10 heteroatoms. The third-order valence-electron chi connectivity index (χ3n) is 11.4. The Morgan fingerprint density at radius 2 is 1.76 bits per heavy atom. The van der Waals surface area contributed by atoms with Gasteiger partial charge in [-0.15, -0.1) is 0 Å². The summed E-state index contributed by atoms with van der Waals surface area (Å²) in [4.78, 5) is 65.9. The van der Waals surface area contributed by atoms with E-state index in [1.54, 1.807) is 45.2 Å². The molecule has 5 atom stereocenters. The van der Waals surface area contributed by atoms with Crippen molar-refractivity contribution in [1.29, 1.82) is 0 Å². The molecule has 1 saturated carbocycles. The molecule has 10 nitrogen and oxygen atoms in total. The first-order valence-corrected chi connectivity index (χ1v) is 21.4. The highest BCUT2D eigenvalue weighted by atomic mass is 16.6. The van der Waals surface area contributed by atoms with Crippen molar-refractivity contribution in [1.82, 2.24) is 20.2 Å². The third kappa shape index (κ3) is 14.7. The van der Waals surface area contributed by atoms with Crippen LogP contribution in [-0.4, -0.2) is 68.5 Å². The number of H-pyrrole nitrogens is 1. The van der Waals surface area contributed by atoms with Gasteiger partial charge in [0, 0.05) is 36.1 Å². The molecule has 1 aliphatic carbocycles. The standard InChI is InChI=1S/C48H68N4O6/c1-7-8-26-58-47(57)52(42(28-37-22-16-11-17-23-37)43(53)29-38(34(2)3)25-24-35-18-12-9-13-19-35)46(56)41(31-40-32-49-33-50-40)51-45(55)39(30-44(54)48(4,5)6)27-36-20-14-10-15-21-36/h9-10,12-15,18-21,24-25,32-34,37-39,41-43,53H,7-8,11,16-17,22-23,26-31H2,1-6H3,(H,49,50)(H,51,55)/t38-,39+,41-,42-,43-/m0/s1/i14T. The monoisotopic (exact) mass is 799 g/mol. The van der Waals surface area contributed by atoms with E-state index in [4.69, 9.17) is 6.11 Å². The van der Waals surface area contributed by atoms with E-state index in [1.807, 2.05) is 49.4 Å². The molecule has 1 fully saturated rings. The number of unbranched alkanes of at least 4 members (excludes halogenated alkanes) is 1. The maximum atomic E-state index is 15.3. The summed E-state index contributed by atoms with van der Waals surface area (Å²) in [6.07, 6.45) is 12.4. The number of carbonyl (C=O) groups excluding carboxylic acids is 4. The lowest BCUT2D eigenvalue weighted by molar-refractivity contribution is -0.141. The molecule has 1 heterocycles. The van der Waals surface area contributed by atoms with Gasteiger partial charge in [-0.3, -0.25) is 14.4 Å². The molecule has 0 bridgehead atoms. The molecular formula is C48H68N4O6. The fraction of sp³-hybridized carbons (Fsp3) is 0.562. The van der Waals surface area contributed by atoms with Crippen molar-refractivity contribution in [2.24, 2.45) is 29.1 Å². The van der Waals surface area contributed by atoms with Crippen LogP contribution in [0.4, 0.5) is 4.79 Å². The van der Waals surface area contributed by atoms with Gasteiger partial charge < -0.3 is 20.1 Å². The quantitative estimate of drug-likeness (QED) is 0.0913. The second kappa shape index (κ2) is 23.1. The molecule has 2 aromatic carbocycles. The predicted molar refractivity (Wildman–Crippen MR) is 229 cm³/mol. The van der Waals surface area contributed by atoms with Crippen LogP contribution in [0.1, 0.15) is 124 Å². The molecule has 58 heavy (non-hydrogen) atoms. The highest BCUT2D eigenvalue weighted by Gasteiger charge is 2.42. The Kier molecular flexibility index (Phi) is 17.8. The lowest BCUT2D eigenvalue weighted by Crippen LogP contribution is -2.59. The van der Waals surface area contributed by atoms with Crippen LogP contribution in [0, 0.1) is 29.1 Å². The minimum Gasteiger partial charge on any atom is -0.449 e. The first-order chi connectivity index (χ1) is 28.2. The fourth-order valence-electron chi connectivity index (χ4n) is 7.67. The average molecular weight is 799 g/mol. The van der Waals surface area contributed by atoms with Gasteiger partial charge in [0.2, 0.25) is 5.91 Å². The molecule has 0 unspecified atom stereocenters. The Balaban J connectivity index is 1.75. The molecule has 0 spiro atoms. The number of benzene rings is 2. The molecule has 4 rings (SSSR count). The molecule has 3 amide bonds. The number of hydrogen-bond donors (Lipinski definition) is 3. The summed E-state index contributed by atoms with van der Waals surface area (Å²) >= 11 is 0. The van der Waals surface area contributed by atoms with E-state index in [9.17, 15) is 19.5 Å². The Labute approximate surface area is 348 Å². The van der Waals surface area contributed by atoms with E-state index < -0.39 is 47.4 Å². The molecule has 316 valence electrons. The van der Waals surface area contributed by atoms with Crippen molar-refractivity contribution < 1.29 is 30.4 Å². The SMILES string of the molecule is [3H]c1cccc(C[C@H](CC(=O)C(C)(C)C)C(=O)N[C@@H](Cc2cnc[nH]2)C(=O)N(C(=O)OCCCC)[C@@H](CC2CCCCC2)[C@@H](O)C[C@H](C=Cc2ccccc2)C(C)C)c1. The number of amides is 3. The molecule has 3 N–H and O–H groups in total. The van der Waals surface area contributed by atoms with E-state index in [-0.39, 0.29) is 55.4 Å². The summed E-state index contributed by atoms with van der Waals surface area (Å²) in [5.74, 6) is -1.94. The smallest absolute Gasteiger partial charge is 0.416 e. The number of ketones is 1. The second-order valence-corrected chi connectivity index (χ2v) is 17.5. The van der Waals surface area contributed by atoms with Crippen LogP contribution in [0.25, 0.3) is 6.08 Å². The topological polar surface area (TPSA) is 142 Å². The van der Waals surface area contributed by atoms with Gasteiger partial charge in [-0.05, 0) is 54.6 Å². The minimum atomic E-state index is -1.27. The minimum absolute atomic E-state index is 0.0217. The average Bonchev–Trinajstić information content (AvgIpc) is 3.72. The molecule has 1 aromatic heterocycles. The van der Waals surface area contributed by atoms with Gasteiger partial charge in [0.1, 0.15) is 11.8 Å². The van der Waals surface area contributed by atoms with Crippen LogP contribution in [0.5, 0.6) is 0 Å². The van der Waals surface area contributed by atoms with Crippen molar-refractivity contribution in [2.75, 3.05) is 6.61 Å². The number of ether oxygens (including phenoxy) is 1. The fourth-order valence-corrected chi connectivity index (χ4v) is 7.67. The van der Waals surface area contributed by atoms with E-state index >= 15 is 4.79 Å². The van der Waals surface area contributed by atoms with Crippen molar-refractivity contribution >= 4 is 29.8 Å². The third-order valence-corrected chi connectivity index (χ3v) is 11.4. The number of carbonyl (C=O) groups is 4. The Morgan fingerprint density at radius 1 is 1.03 bits per heavy atom. The van der Waals surface area contributed by atoms with Crippen LogP contribution in [0.2, 0.25) is 0 Å². The number of rotatable bonds is 21. The number of hydrogen-bond acceptors (Lipinski definition) is 7. The summed E-state index contributed by atoms with van der Waals surface area (Å²) in [5, 5.41) is 15.3. The van der Waals surface area contributed by atoms with E-state index in [2.05, 4.69) is 35.2 Å². The first kappa shape index (κ1) is 44.5. The van der Waals surface area contributed by atoms with Gasteiger partial charge >= 0.3 is 6.09 Å². The zero-order chi connectivity index (χ0) is 43.0. The van der Waals surface area contributed by atoms with Crippen LogP contribution in [-0.2, 0) is 32.0 Å². The van der Waals surface area contributed by atoms with Crippen LogP contribution in [0.3, 0.4) is 0 Å². The van der Waals surface area contributed by atoms with Crippen LogP contribution >= 0.6 is 0 Å². The zero-order valence-electron chi connectivity index (χ0n) is 36.6. The maximum Gasteiger partial charge on any atom is 0.416 e. The van der Waals surface area contributed by atoms with Crippen molar-refractivity contribution in [3.8, 4) is 0 Å². The molecule has 0 radical (unpaired) electrons. The number of imide groups is 1. The van der Waals surface area contributed by atoms with E-state index in [1.165, 1.54) is 6.33 Å². The van der Waals surface area contributed by atoms with Gasteiger partial charge in [0.25, 0.3) is 5.91 Å². The van der Waals surface area contributed by atoms with Crippen molar-refractivity contribution in [2.45, 2.75) is 137 Å². The predicted octanol–water partition coefficient (Wildman–Crippen LogP) is 9.14. The molecule has 1 aliphatic rings. The van der Waals surface area contributed by atoms with Gasteiger partial charge in [-0.25, -0.2) is 14.7 Å². The summed E-state index contributed by atoms with van der Waals surface area (Å²) in [5.41, 5.74) is 1.60. The van der Waals surface area contributed by atoms with Gasteiger partial charge in [0.05, 0.1) is 26.5 Å². The molecule has 0 aliphatic heterocycles. The summed E-state index contributed by atoms with van der Waals surface area (Å²) < 4.78 is 14.0. The number of aromatic amines is 1. The van der Waals surface area contributed by atoms with Crippen LogP contribution < -0.4 is 5.32 Å². The van der Waals surface area contributed by atoms with Gasteiger partial charge in [0.15, 0.2) is 0 Å². The maximum absolute atomic E-state index is 15.3. The van der Waals surface area contributed by atoms with Crippen LogP contribution in [0.15, 0.2) is 79.2 Å². The summed E-state index contributed by atoms with van der Waals surface area (Å²) in [6, 6.07) is 14.9. The molecule has 3 aromatic rings. The number of aliphatic hydroxyl groups is 1. The highest BCUT2D eigenvalue weighted by Crippen LogP contribution is 2.33. The van der Waals surface area contributed by atoms with Gasteiger partial charge in [-0.1, -0.05) is 153 Å². The largest absolute Gasteiger partial charge is 0.449 e. The van der Waals surface area contributed by atoms with Crippen molar-refractivity contribution in [3.05, 3.63) is 96.1 Å². The number of allylic oxidation sites excluding steroid dienone is 1. The van der Waals surface area contributed by atoms with Crippen molar-refractivity contribution in [3.63, 3.8) is 0 Å². The number of imidazole rings is 1. The molecular weight excluding hydrogens is 729 g/mol. The highest BCUT2D eigenvalue weighted by molar-refractivity contribution is 5.98. The number of nitrogens with zero attached hydrogens (tertiary/aromatic N) is 2. The van der Waals surface area contributed by atoms with E-state index in [0.29, 0.717) is 30.5 Å².